The molecule has 0 amide bonds. The van der Waals surface area contributed by atoms with Crippen molar-refractivity contribution in [3.8, 4) is 0 Å². The van der Waals surface area contributed by atoms with Crippen LogP contribution in [-0.4, -0.2) is 25.7 Å². The Morgan fingerprint density at radius 1 is 1.44 bits per heavy atom. The molecule has 0 bridgehead atoms. The lowest BCUT2D eigenvalue weighted by Gasteiger charge is -2.26. The number of halogens is 1. The van der Waals surface area contributed by atoms with Crippen molar-refractivity contribution in [3.05, 3.63) is 35.6 Å². The summed E-state index contributed by atoms with van der Waals surface area (Å²) in [4.78, 5) is 11.6. The number of hydrogen-bond acceptors (Lipinski definition) is 3. The third-order valence-corrected chi connectivity index (χ3v) is 2.66. The minimum absolute atomic E-state index is 0.284. The van der Waals surface area contributed by atoms with Crippen molar-refractivity contribution >= 4 is 5.97 Å². The van der Waals surface area contributed by atoms with Crippen molar-refractivity contribution in [2.24, 2.45) is 0 Å². The van der Waals surface area contributed by atoms with E-state index in [2.05, 4.69) is 5.32 Å². The highest BCUT2D eigenvalue weighted by Gasteiger charge is 2.32. The molecule has 1 aromatic carbocycles. The number of likely N-dealkylation sites (N-methyl/N-ethyl adjacent to an activating group) is 1. The lowest BCUT2D eigenvalue weighted by atomic mass is 9.93. The van der Waals surface area contributed by atoms with Crippen LogP contribution in [0, 0.1) is 5.82 Å². The number of hydrogen-bond donors (Lipinski definition) is 1. The molecule has 1 rings (SSSR count). The Morgan fingerprint density at radius 3 is 2.44 bits per heavy atom. The smallest absolute Gasteiger partial charge is 0.326 e. The first kappa shape index (κ1) is 12.6. The summed E-state index contributed by atoms with van der Waals surface area (Å²) in [5.41, 5.74) is 0.0932. The van der Waals surface area contributed by atoms with Crippen molar-refractivity contribution in [2.75, 3.05) is 14.2 Å². The highest BCUT2D eigenvalue weighted by Crippen LogP contribution is 2.15. The molecule has 1 aromatic rings. The van der Waals surface area contributed by atoms with Gasteiger partial charge in [0.25, 0.3) is 0 Å². The Labute approximate surface area is 94.6 Å². The number of ether oxygens (including phenoxy) is 1. The predicted octanol–water partition coefficient (Wildman–Crippen LogP) is 1.52. The quantitative estimate of drug-likeness (QED) is 0.789. The summed E-state index contributed by atoms with van der Waals surface area (Å²) in [7, 11) is 3.04. The van der Waals surface area contributed by atoms with Gasteiger partial charge in [-0.25, -0.2) is 4.39 Å². The summed E-state index contributed by atoms with van der Waals surface area (Å²) in [6.07, 6.45) is 0.455. The highest BCUT2D eigenvalue weighted by molar-refractivity contribution is 5.80. The maximum atomic E-state index is 12.7. The second kappa shape index (κ2) is 5.07. The van der Waals surface area contributed by atoms with Crippen LogP contribution < -0.4 is 5.32 Å². The molecule has 16 heavy (non-hydrogen) atoms. The molecule has 0 heterocycles. The van der Waals surface area contributed by atoms with Crippen LogP contribution in [0.2, 0.25) is 0 Å². The maximum absolute atomic E-state index is 12.7. The van der Waals surface area contributed by atoms with Crippen LogP contribution in [0.3, 0.4) is 0 Å². The number of carbonyl (C=O) groups excluding carboxylic acids is 1. The first-order chi connectivity index (χ1) is 7.51. The Bertz CT molecular complexity index is 364. The monoisotopic (exact) mass is 225 g/mol. The van der Waals surface area contributed by atoms with E-state index < -0.39 is 5.54 Å². The fraction of sp³-hybridized carbons (Fsp3) is 0.417. The van der Waals surface area contributed by atoms with E-state index in [-0.39, 0.29) is 11.8 Å². The molecule has 88 valence electrons. The van der Waals surface area contributed by atoms with Gasteiger partial charge in [-0.1, -0.05) is 12.1 Å². The van der Waals surface area contributed by atoms with Crippen LogP contribution in [0.15, 0.2) is 24.3 Å². The summed E-state index contributed by atoms with van der Waals surface area (Å²) in [5, 5.41) is 2.92. The van der Waals surface area contributed by atoms with Gasteiger partial charge in [0.05, 0.1) is 7.11 Å². The average molecular weight is 225 g/mol. The van der Waals surface area contributed by atoms with Crippen LogP contribution in [0.1, 0.15) is 12.5 Å². The zero-order valence-electron chi connectivity index (χ0n) is 9.71. The molecule has 4 heteroatoms. The topological polar surface area (TPSA) is 38.3 Å². The zero-order chi connectivity index (χ0) is 12.2. The summed E-state index contributed by atoms with van der Waals surface area (Å²) in [6, 6.07) is 6.08. The molecular weight excluding hydrogens is 209 g/mol. The number of methoxy groups -OCH3 is 1. The number of benzene rings is 1. The SMILES string of the molecule is CNC(C)(Cc1ccc(F)cc1)C(=O)OC. The minimum atomic E-state index is -0.785. The lowest BCUT2D eigenvalue weighted by Crippen LogP contribution is -2.50. The van der Waals surface area contributed by atoms with E-state index in [0.717, 1.165) is 5.56 Å². The molecular formula is C12H16FNO2. The van der Waals surface area contributed by atoms with Crippen molar-refractivity contribution in [1.82, 2.24) is 5.32 Å². The first-order valence-corrected chi connectivity index (χ1v) is 5.03. The lowest BCUT2D eigenvalue weighted by molar-refractivity contribution is -0.147. The third-order valence-electron chi connectivity index (χ3n) is 2.66. The zero-order valence-corrected chi connectivity index (χ0v) is 9.71. The number of rotatable bonds is 4. The Morgan fingerprint density at radius 2 is 2.00 bits per heavy atom. The van der Waals surface area contributed by atoms with E-state index >= 15 is 0 Å². The van der Waals surface area contributed by atoms with E-state index in [1.54, 1.807) is 26.1 Å². The van der Waals surface area contributed by atoms with Crippen LogP contribution in [0.5, 0.6) is 0 Å². The minimum Gasteiger partial charge on any atom is -0.468 e. The van der Waals surface area contributed by atoms with Gasteiger partial charge in [0, 0.05) is 6.42 Å². The largest absolute Gasteiger partial charge is 0.468 e. The molecule has 0 aliphatic heterocycles. The van der Waals surface area contributed by atoms with Crippen LogP contribution in [0.4, 0.5) is 4.39 Å². The molecule has 3 nitrogen and oxygen atoms in total. The average Bonchev–Trinajstić information content (AvgIpc) is 2.31. The normalized spacial score (nSPS) is 14.2. The molecule has 0 spiro atoms. The van der Waals surface area contributed by atoms with E-state index in [1.807, 2.05) is 0 Å². The summed E-state index contributed by atoms with van der Waals surface area (Å²) >= 11 is 0. The van der Waals surface area contributed by atoms with Crippen LogP contribution in [0.25, 0.3) is 0 Å². The van der Waals surface area contributed by atoms with E-state index in [1.165, 1.54) is 19.2 Å². The first-order valence-electron chi connectivity index (χ1n) is 5.03. The molecule has 0 saturated heterocycles. The maximum Gasteiger partial charge on any atom is 0.326 e. The van der Waals surface area contributed by atoms with Crippen LogP contribution in [-0.2, 0) is 16.0 Å². The molecule has 1 N–H and O–H groups in total. The molecule has 0 aliphatic rings. The summed E-state index contributed by atoms with van der Waals surface area (Å²) < 4.78 is 17.4. The molecule has 0 aromatic heterocycles. The number of nitrogens with one attached hydrogen (secondary N) is 1. The Hall–Kier alpha value is -1.42. The van der Waals surface area contributed by atoms with Gasteiger partial charge < -0.3 is 10.1 Å². The Kier molecular flexibility index (Phi) is 4.01. The van der Waals surface area contributed by atoms with Gasteiger partial charge in [0.2, 0.25) is 0 Å². The third kappa shape index (κ3) is 2.79. The molecule has 1 atom stereocenters. The summed E-state index contributed by atoms with van der Waals surface area (Å²) in [6.45, 7) is 1.75. The molecule has 0 aliphatic carbocycles. The van der Waals surface area contributed by atoms with Gasteiger partial charge in [-0.3, -0.25) is 4.79 Å². The van der Waals surface area contributed by atoms with E-state index in [4.69, 9.17) is 4.74 Å². The van der Waals surface area contributed by atoms with Gasteiger partial charge in [-0.05, 0) is 31.7 Å². The predicted molar refractivity (Wildman–Crippen MR) is 59.6 cm³/mol. The van der Waals surface area contributed by atoms with Gasteiger partial charge >= 0.3 is 5.97 Å². The molecule has 1 unspecified atom stereocenters. The number of carbonyl (C=O) groups is 1. The second-order valence-electron chi connectivity index (χ2n) is 3.88. The molecule has 0 saturated carbocycles. The summed E-state index contributed by atoms with van der Waals surface area (Å²) in [5.74, 6) is -0.618. The highest BCUT2D eigenvalue weighted by atomic mass is 19.1. The van der Waals surface area contributed by atoms with Gasteiger partial charge in [-0.15, -0.1) is 0 Å². The van der Waals surface area contributed by atoms with Crippen molar-refractivity contribution in [1.29, 1.82) is 0 Å². The van der Waals surface area contributed by atoms with Crippen LogP contribution >= 0.6 is 0 Å². The molecule has 0 fully saturated rings. The second-order valence-corrected chi connectivity index (χ2v) is 3.88. The standard InChI is InChI=1S/C12H16FNO2/c1-12(14-2,11(15)16-3)8-9-4-6-10(13)7-5-9/h4-7,14H,8H2,1-3H3. The van der Waals surface area contributed by atoms with Gasteiger partial charge in [-0.2, -0.15) is 0 Å². The van der Waals surface area contributed by atoms with Crippen molar-refractivity contribution in [3.63, 3.8) is 0 Å². The fourth-order valence-electron chi connectivity index (χ4n) is 1.50. The molecule has 0 radical (unpaired) electrons. The van der Waals surface area contributed by atoms with E-state index in [9.17, 15) is 9.18 Å². The van der Waals surface area contributed by atoms with Gasteiger partial charge in [0.15, 0.2) is 0 Å². The van der Waals surface area contributed by atoms with Gasteiger partial charge in [0.1, 0.15) is 11.4 Å². The number of esters is 1. The van der Waals surface area contributed by atoms with Crippen molar-refractivity contribution < 1.29 is 13.9 Å². The Balaban J connectivity index is 2.84. The fourth-order valence-corrected chi connectivity index (χ4v) is 1.50. The van der Waals surface area contributed by atoms with E-state index in [0.29, 0.717) is 6.42 Å². The van der Waals surface area contributed by atoms with Crippen molar-refractivity contribution in [2.45, 2.75) is 18.9 Å².